The number of unbranched alkanes of at least 4 members (excludes halogenated alkanes) is 1. The zero-order chi connectivity index (χ0) is 17.5. The predicted octanol–water partition coefficient (Wildman–Crippen LogP) is 2.17. The first-order chi connectivity index (χ1) is 12.3. The van der Waals surface area contributed by atoms with Gasteiger partial charge in [0.1, 0.15) is 5.75 Å². The Bertz CT molecular complexity index is 699. The van der Waals surface area contributed by atoms with Crippen LogP contribution in [0.4, 0.5) is 0 Å². The molecule has 1 aromatic heterocycles. The van der Waals surface area contributed by atoms with Gasteiger partial charge in [0.25, 0.3) is 0 Å². The molecule has 1 aliphatic heterocycles. The number of aromatic nitrogens is 2. The molecule has 0 unspecified atom stereocenters. The Balaban J connectivity index is 1.49. The number of ether oxygens (including phenoxy) is 1. The SMILES string of the molecule is COc1ccc(-c2noc(CN3CCN(CCCC#N)CC3)n2)cc1. The van der Waals surface area contributed by atoms with Crippen molar-refractivity contribution in [3.8, 4) is 23.2 Å². The van der Waals surface area contributed by atoms with Crippen molar-refractivity contribution in [2.45, 2.75) is 19.4 Å². The topological polar surface area (TPSA) is 78.4 Å². The van der Waals surface area contributed by atoms with Gasteiger partial charge in [0.2, 0.25) is 11.7 Å². The quantitative estimate of drug-likeness (QED) is 0.714. The van der Waals surface area contributed by atoms with Gasteiger partial charge in [0.05, 0.1) is 19.7 Å². The number of rotatable bonds is 7. The molecular weight excluding hydrogens is 318 g/mol. The zero-order valence-electron chi connectivity index (χ0n) is 14.5. The van der Waals surface area contributed by atoms with Crippen molar-refractivity contribution >= 4 is 0 Å². The molecule has 1 aromatic carbocycles. The first kappa shape index (κ1) is 17.4. The number of nitriles is 1. The Hall–Kier alpha value is -2.43. The van der Waals surface area contributed by atoms with Crippen LogP contribution in [0.3, 0.4) is 0 Å². The average molecular weight is 341 g/mol. The van der Waals surface area contributed by atoms with Gasteiger partial charge < -0.3 is 14.2 Å². The minimum absolute atomic E-state index is 0.604. The highest BCUT2D eigenvalue weighted by Crippen LogP contribution is 2.20. The van der Waals surface area contributed by atoms with Gasteiger partial charge in [0, 0.05) is 38.2 Å². The highest BCUT2D eigenvalue weighted by molar-refractivity contribution is 5.55. The van der Waals surface area contributed by atoms with Crippen molar-refractivity contribution in [2.24, 2.45) is 0 Å². The molecule has 0 N–H and O–H groups in total. The molecule has 0 aliphatic carbocycles. The monoisotopic (exact) mass is 341 g/mol. The summed E-state index contributed by atoms with van der Waals surface area (Å²) in [5.41, 5.74) is 0.915. The third-order valence-electron chi connectivity index (χ3n) is 4.40. The number of benzene rings is 1. The van der Waals surface area contributed by atoms with E-state index in [1.807, 2.05) is 24.3 Å². The predicted molar refractivity (Wildman–Crippen MR) is 92.9 cm³/mol. The molecule has 0 atom stereocenters. The lowest BCUT2D eigenvalue weighted by atomic mass is 10.2. The van der Waals surface area contributed by atoms with Crippen molar-refractivity contribution in [2.75, 3.05) is 39.8 Å². The Morgan fingerprint density at radius 2 is 1.88 bits per heavy atom. The molecule has 3 rings (SSSR count). The van der Waals surface area contributed by atoms with Crippen LogP contribution in [-0.4, -0.2) is 59.8 Å². The summed E-state index contributed by atoms with van der Waals surface area (Å²) in [5, 5.41) is 12.7. The summed E-state index contributed by atoms with van der Waals surface area (Å²) in [6.07, 6.45) is 1.59. The van der Waals surface area contributed by atoms with Crippen molar-refractivity contribution in [1.82, 2.24) is 19.9 Å². The number of nitrogens with zero attached hydrogens (tertiary/aromatic N) is 5. The Morgan fingerprint density at radius 1 is 1.16 bits per heavy atom. The second kappa shape index (κ2) is 8.60. The van der Waals surface area contributed by atoms with E-state index in [1.54, 1.807) is 7.11 Å². The lowest BCUT2D eigenvalue weighted by molar-refractivity contribution is 0.116. The van der Waals surface area contributed by atoms with Crippen LogP contribution < -0.4 is 4.74 Å². The molecule has 0 spiro atoms. The van der Waals surface area contributed by atoms with Crippen molar-refractivity contribution in [3.05, 3.63) is 30.2 Å². The largest absolute Gasteiger partial charge is 0.497 e. The summed E-state index contributed by atoms with van der Waals surface area (Å²) < 4.78 is 10.6. The molecule has 1 saturated heterocycles. The molecule has 0 saturated carbocycles. The molecule has 2 aromatic rings. The number of hydrogen-bond acceptors (Lipinski definition) is 7. The fourth-order valence-electron chi connectivity index (χ4n) is 2.92. The molecule has 0 bridgehead atoms. The Labute approximate surface area is 147 Å². The highest BCUT2D eigenvalue weighted by atomic mass is 16.5. The normalized spacial score (nSPS) is 15.8. The van der Waals surface area contributed by atoms with Crippen LogP contribution >= 0.6 is 0 Å². The number of hydrogen-bond donors (Lipinski definition) is 0. The van der Waals surface area contributed by atoms with Gasteiger partial charge >= 0.3 is 0 Å². The van der Waals surface area contributed by atoms with Gasteiger partial charge in [-0.05, 0) is 37.2 Å². The van der Waals surface area contributed by atoms with E-state index in [9.17, 15) is 0 Å². The summed E-state index contributed by atoms with van der Waals surface area (Å²) in [4.78, 5) is 9.23. The summed E-state index contributed by atoms with van der Waals surface area (Å²) in [6, 6.07) is 9.82. The van der Waals surface area contributed by atoms with Gasteiger partial charge in [0.15, 0.2) is 0 Å². The third-order valence-corrected chi connectivity index (χ3v) is 4.40. The lowest BCUT2D eigenvalue weighted by Crippen LogP contribution is -2.46. The van der Waals surface area contributed by atoms with E-state index >= 15 is 0 Å². The van der Waals surface area contributed by atoms with Crippen LogP contribution in [0.1, 0.15) is 18.7 Å². The highest BCUT2D eigenvalue weighted by Gasteiger charge is 2.19. The second-order valence-electron chi connectivity index (χ2n) is 6.12. The molecule has 25 heavy (non-hydrogen) atoms. The minimum atomic E-state index is 0.604. The summed E-state index contributed by atoms with van der Waals surface area (Å²) in [7, 11) is 1.64. The maximum Gasteiger partial charge on any atom is 0.241 e. The summed E-state index contributed by atoms with van der Waals surface area (Å²) >= 11 is 0. The first-order valence-electron chi connectivity index (χ1n) is 8.57. The maximum absolute atomic E-state index is 8.61. The van der Waals surface area contributed by atoms with E-state index in [2.05, 4.69) is 26.0 Å². The van der Waals surface area contributed by atoms with E-state index in [0.29, 0.717) is 24.7 Å². The van der Waals surface area contributed by atoms with E-state index in [4.69, 9.17) is 14.5 Å². The smallest absolute Gasteiger partial charge is 0.241 e. The molecular formula is C18H23N5O2. The van der Waals surface area contributed by atoms with Crippen LogP contribution in [-0.2, 0) is 6.54 Å². The standard InChI is InChI=1S/C18H23N5O2/c1-24-16-6-4-15(5-7-16)18-20-17(25-21-18)14-23-12-10-22(11-13-23)9-3-2-8-19/h4-7H,2-3,9-14H2,1H3. The molecule has 2 heterocycles. The van der Waals surface area contributed by atoms with Gasteiger partial charge in [-0.3, -0.25) is 4.90 Å². The molecule has 0 amide bonds. The van der Waals surface area contributed by atoms with Gasteiger partial charge in [-0.2, -0.15) is 10.2 Å². The molecule has 1 fully saturated rings. The molecule has 7 nitrogen and oxygen atoms in total. The third kappa shape index (κ3) is 4.78. The van der Waals surface area contributed by atoms with Crippen LogP contribution in [0.15, 0.2) is 28.8 Å². The molecule has 0 radical (unpaired) electrons. The molecule has 132 valence electrons. The van der Waals surface area contributed by atoms with Gasteiger partial charge in [-0.15, -0.1) is 0 Å². The maximum atomic E-state index is 8.61. The van der Waals surface area contributed by atoms with Crippen molar-refractivity contribution in [1.29, 1.82) is 5.26 Å². The van der Waals surface area contributed by atoms with Gasteiger partial charge in [-0.25, -0.2) is 0 Å². The van der Waals surface area contributed by atoms with Crippen molar-refractivity contribution in [3.63, 3.8) is 0 Å². The number of methoxy groups -OCH3 is 1. The second-order valence-corrected chi connectivity index (χ2v) is 6.12. The van der Waals surface area contributed by atoms with Crippen molar-refractivity contribution < 1.29 is 9.26 Å². The van der Waals surface area contributed by atoms with Crippen LogP contribution in [0, 0.1) is 11.3 Å². The van der Waals surface area contributed by atoms with Crippen LogP contribution in [0.2, 0.25) is 0 Å². The Morgan fingerprint density at radius 3 is 2.56 bits per heavy atom. The van der Waals surface area contributed by atoms with E-state index < -0.39 is 0 Å². The minimum Gasteiger partial charge on any atom is -0.497 e. The van der Waals surface area contributed by atoms with E-state index in [1.165, 1.54) is 0 Å². The van der Waals surface area contributed by atoms with Crippen LogP contribution in [0.25, 0.3) is 11.4 Å². The lowest BCUT2D eigenvalue weighted by Gasteiger charge is -2.33. The van der Waals surface area contributed by atoms with Gasteiger partial charge in [-0.1, -0.05) is 5.16 Å². The fourth-order valence-corrected chi connectivity index (χ4v) is 2.92. The fraction of sp³-hybridized carbons (Fsp3) is 0.500. The first-order valence-corrected chi connectivity index (χ1v) is 8.57. The summed E-state index contributed by atoms with van der Waals surface area (Å²) in [6.45, 7) is 5.67. The van der Waals surface area contributed by atoms with E-state index in [-0.39, 0.29) is 0 Å². The average Bonchev–Trinajstić information content (AvgIpc) is 3.12. The van der Waals surface area contributed by atoms with E-state index in [0.717, 1.165) is 50.5 Å². The summed E-state index contributed by atoms with van der Waals surface area (Å²) in [5.74, 6) is 2.05. The zero-order valence-corrected chi connectivity index (χ0v) is 14.5. The molecule has 7 heteroatoms. The molecule has 1 aliphatic rings. The number of piperazine rings is 1. The van der Waals surface area contributed by atoms with Crippen LogP contribution in [0.5, 0.6) is 5.75 Å². The Kier molecular flexibility index (Phi) is 5.99.